The molecular weight excluding hydrogens is 348 g/mol. The molecule has 1 amide bonds. The summed E-state index contributed by atoms with van der Waals surface area (Å²) in [4.78, 5) is 17.2. The van der Waals surface area contributed by atoms with Gasteiger partial charge in [-0.2, -0.15) is 5.10 Å². The van der Waals surface area contributed by atoms with Crippen LogP contribution in [0.2, 0.25) is 0 Å². The summed E-state index contributed by atoms with van der Waals surface area (Å²) in [6.07, 6.45) is 0. The number of hydrogen-bond acceptors (Lipinski definition) is 3. The highest BCUT2D eigenvalue weighted by molar-refractivity contribution is 5.93. The molecule has 2 heterocycles. The van der Waals surface area contributed by atoms with E-state index in [1.165, 1.54) is 22.4 Å². The van der Waals surface area contributed by atoms with Gasteiger partial charge < -0.3 is 9.80 Å². The first kappa shape index (κ1) is 18.3. The second-order valence-corrected chi connectivity index (χ2v) is 7.60. The topological polar surface area (TPSA) is 52.2 Å². The summed E-state index contributed by atoms with van der Waals surface area (Å²) in [5.41, 5.74) is 7.40. The van der Waals surface area contributed by atoms with Gasteiger partial charge in [0.1, 0.15) is 5.69 Å². The fourth-order valence-corrected chi connectivity index (χ4v) is 3.78. The molecule has 5 heteroatoms. The molecule has 5 nitrogen and oxygen atoms in total. The molecule has 1 aliphatic heterocycles. The molecule has 0 atom stereocenters. The Bertz CT molecular complexity index is 982. The molecule has 0 spiro atoms. The SMILES string of the molecule is Cc1ccc(-c2cc(C(=O)N3CCN(c4ccc(C)cc4C)CC3)[nH]n2)cc1. The summed E-state index contributed by atoms with van der Waals surface area (Å²) >= 11 is 0. The number of rotatable bonds is 3. The number of piperazine rings is 1. The molecule has 0 unspecified atom stereocenters. The second-order valence-electron chi connectivity index (χ2n) is 7.60. The van der Waals surface area contributed by atoms with Gasteiger partial charge in [0.05, 0.1) is 5.69 Å². The number of H-pyrrole nitrogens is 1. The minimum Gasteiger partial charge on any atom is -0.368 e. The Kier molecular flexibility index (Phi) is 4.90. The van der Waals surface area contributed by atoms with Crippen LogP contribution in [0.4, 0.5) is 5.69 Å². The number of carbonyl (C=O) groups is 1. The van der Waals surface area contributed by atoms with Crippen LogP contribution in [0.25, 0.3) is 11.3 Å². The van der Waals surface area contributed by atoms with Crippen LogP contribution >= 0.6 is 0 Å². The lowest BCUT2D eigenvalue weighted by molar-refractivity contribution is 0.0741. The van der Waals surface area contributed by atoms with E-state index in [4.69, 9.17) is 0 Å². The van der Waals surface area contributed by atoms with Gasteiger partial charge in [-0.05, 0) is 38.5 Å². The van der Waals surface area contributed by atoms with Crippen LogP contribution in [-0.4, -0.2) is 47.2 Å². The zero-order valence-corrected chi connectivity index (χ0v) is 16.7. The molecule has 28 heavy (non-hydrogen) atoms. The Morgan fingerprint density at radius 2 is 1.57 bits per heavy atom. The van der Waals surface area contributed by atoms with Gasteiger partial charge >= 0.3 is 0 Å². The minimum atomic E-state index is 0.0196. The van der Waals surface area contributed by atoms with Crippen molar-refractivity contribution in [2.24, 2.45) is 0 Å². The average Bonchev–Trinajstić information content (AvgIpc) is 3.18. The molecule has 3 aromatic rings. The van der Waals surface area contributed by atoms with Crippen molar-refractivity contribution in [2.75, 3.05) is 31.1 Å². The standard InChI is InChI=1S/C23H26N4O/c1-16-4-7-19(8-5-16)20-15-21(25-24-20)23(28)27-12-10-26(11-13-27)22-9-6-17(2)14-18(22)3/h4-9,14-15H,10-13H2,1-3H3,(H,24,25). The molecular formula is C23H26N4O. The molecule has 0 saturated carbocycles. The summed E-state index contributed by atoms with van der Waals surface area (Å²) in [5.74, 6) is 0.0196. The van der Waals surface area contributed by atoms with Gasteiger partial charge in [0.2, 0.25) is 0 Å². The van der Waals surface area contributed by atoms with Gasteiger partial charge in [-0.1, -0.05) is 47.5 Å². The molecule has 4 rings (SSSR count). The zero-order chi connectivity index (χ0) is 19.7. The quantitative estimate of drug-likeness (QED) is 0.755. The van der Waals surface area contributed by atoms with E-state index < -0.39 is 0 Å². The van der Waals surface area contributed by atoms with Crippen LogP contribution in [-0.2, 0) is 0 Å². The maximum Gasteiger partial charge on any atom is 0.272 e. The number of hydrogen-bond donors (Lipinski definition) is 1. The third-order valence-corrected chi connectivity index (χ3v) is 5.42. The van der Waals surface area contributed by atoms with Crippen molar-refractivity contribution >= 4 is 11.6 Å². The van der Waals surface area contributed by atoms with Crippen molar-refractivity contribution < 1.29 is 4.79 Å². The number of nitrogens with zero attached hydrogens (tertiary/aromatic N) is 3. The molecule has 1 fully saturated rings. The van der Waals surface area contributed by atoms with Crippen LogP contribution in [0.3, 0.4) is 0 Å². The summed E-state index contributed by atoms with van der Waals surface area (Å²) < 4.78 is 0. The highest BCUT2D eigenvalue weighted by Gasteiger charge is 2.24. The van der Waals surface area contributed by atoms with E-state index >= 15 is 0 Å². The largest absolute Gasteiger partial charge is 0.368 e. The number of aryl methyl sites for hydroxylation is 3. The number of nitrogens with one attached hydrogen (secondary N) is 1. The molecule has 1 aliphatic rings. The number of anilines is 1. The van der Waals surface area contributed by atoms with Gasteiger partial charge in [0, 0.05) is 37.4 Å². The fourth-order valence-electron chi connectivity index (χ4n) is 3.78. The Morgan fingerprint density at radius 3 is 2.25 bits per heavy atom. The first-order valence-electron chi connectivity index (χ1n) is 9.75. The predicted molar refractivity (Wildman–Crippen MR) is 113 cm³/mol. The van der Waals surface area contributed by atoms with Gasteiger partial charge in [0.15, 0.2) is 0 Å². The number of amides is 1. The highest BCUT2D eigenvalue weighted by atomic mass is 16.2. The van der Waals surface area contributed by atoms with E-state index in [-0.39, 0.29) is 5.91 Å². The van der Waals surface area contributed by atoms with E-state index in [1.807, 2.05) is 23.1 Å². The first-order valence-corrected chi connectivity index (χ1v) is 9.75. The van der Waals surface area contributed by atoms with Crippen LogP contribution in [0, 0.1) is 20.8 Å². The lowest BCUT2D eigenvalue weighted by atomic mass is 10.1. The molecule has 1 N–H and O–H groups in total. The zero-order valence-electron chi connectivity index (χ0n) is 16.7. The van der Waals surface area contributed by atoms with Crippen molar-refractivity contribution in [1.82, 2.24) is 15.1 Å². The smallest absolute Gasteiger partial charge is 0.272 e. The van der Waals surface area contributed by atoms with Crippen LogP contribution < -0.4 is 4.90 Å². The van der Waals surface area contributed by atoms with E-state index in [0.29, 0.717) is 18.8 Å². The van der Waals surface area contributed by atoms with E-state index in [9.17, 15) is 4.79 Å². The summed E-state index contributed by atoms with van der Waals surface area (Å²) in [6.45, 7) is 9.43. The maximum absolute atomic E-state index is 12.9. The van der Waals surface area contributed by atoms with Crippen molar-refractivity contribution in [3.8, 4) is 11.3 Å². The molecule has 0 aliphatic carbocycles. The molecule has 1 aromatic heterocycles. The van der Waals surface area contributed by atoms with Crippen molar-refractivity contribution in [2.45, 2.75) is 20.8 Å². The van der Waals surface area contributed by atoms with E-state index in [1.54, 1.807) is 0 Å². The number of aromatic amines is 1. The monoisotopic (exact) mass is 374 g/mol. The van der Waals surface area contributed by atoms with E-state index in [0.717, 1.165) is 24.3 Å². The van der Waals surface area contributed by atoms with Gasteiger partial charge in [-0.25, -0.2) is 0 Å². The predicted octanol–water partition coefficient (Wildman–Crippen LogP) is 3.96. The Balaban J connectivity index is 1.42. The van der Waals surface area contributed by atoms with Crippen molar-refractivity contribution in [1.29, 1.82) is 0 Å². The summed E-state index contributed by atoms with van der Waals surface area (Å²) in [6, 6.07) is 16.6. The third-order valence-electron chi connectivity index (χ3n) is 5.42. The lowest BCUT2D eigenvalue weighted by Gasteiger charge is -2.36. The van der Waals surface area contributed by atoms with Crippen LogP contribution in [0.15, 0.2) is 48.5 Å². The normalized spacial score (nSPS) is 14.4. The minimum absolute atomic E-state index is 0.0196. The van der Waals surface area contributed by atoms with Crippen molar-refractivity contribution in [3.05, 3.63) is 70.9 Å². The lowest BCUT2D eigenvalue weighted by Crippen LogP contribution is -2.49. The van der Waals surface area contributed by atoms with Gasteiger partial charge in [-0.3, -0.25) is 9.89 Å². The van der Waals surface area contributed by atoms with Crippen LogP contribution in [0.5, 0.6) is 0 Å². The maximum atomic E-state index is 12.9. The van der Waals surface area contributed by atoms with Crippen LogP contribution in [0.1, 0.15) is 27.2 Å². The molecule has 0 bridgehead atoms. The Labute approximate surface area is 166 Å². The van der Waals surface area contributed by atoms with Crippen molar-refractivity contribution in [3.63, 3.8) is 0 Å². The number of carbonyl (C=O) groups excluding carboxylic acids is 1. The summed E-state index contributed by atoms with van der Waals surface area (Å²) in [7, 11) is 0. The third kappa shape index (κ3) is 3.65. The Morgan fingerprint density at radius 1 is 0.893 bits per heavy atom. The molecule has 1 saturated heterocycles. The number of aromatic nitrogens is 2. The van der Waals surface area contributed by atoms with Gasteiger partial charge in [0.25, 0.3) is 5.91 Å². The van der Waals surface area contributed by atoms with E-state index in [2.05, 4.69) is 66.2 Å². The molecule has 144 valence electrons. The second kappa shape index (κ2) is 7.50. The summed E-state index contributed by atoms with van der Waals surface area (Å²) in [5, 5.41) is 7.25. The molecule has 0 radical (unpaired) electrons. The average molecular weight is 374 g/mol. The van der Waals surface area contributed by atoms with Gasteiger partial charge in [-0.15, -0.1) is 0 Å². The highest BCUT2D eigenvalue weighted by Crippen LogP contribution is 2.23. The molecule has 2 aromatic carbocycles. The number of benzene rings is 2. The Hall–Kier alpha value is -3.08. The fraction of sp³-hybridized carbons (Fsp3) is 0.304. The first-order chi connectivity index (χ1) is 13.5.